The van der Waals surface area contributed by atoms with E-state index in [1.807, 2.05) is 0 Å². The summed E-state index contributed by atoms with van der Waals surface area (Å²) in [6.45, 7) is 0.584. The molecule has 0 aliphatic rings. The first kappa shape index (κ1) is 12.7. The van der Waals surface area contributed by atoms with Crippen LogP contribution < -0.4 is 11.1 Å². The SMILES string of the molecule is CS(=O)(=O)c1ccc(CNCC(N)=O)cc1. The molecule has 0 aliphatic heterocycles. The molecule has 0 spiro atoms. The van der Waals surface area contributed by atoms with Crippen molar-refractivity contribution in [2.45, 2.75) is 11.4 Å². The summed E-state index contributed by atoms with van der Waals surface area (Å²) in [6.07, 6.45) is 1.16. The minimum absolute atomic E-state index is 0.105. The van der Waals surface area contributed by atoms with Crippen molar-refractivity contribution in [1.82, 2.24) is 5.32 Å². The molecule has 6 heteroatoms. The monoisotopic (exact) mass is 242 g/mol. The van der Waals surface area contributed by atoms with Gasteiger partial charge in [-0.2, -0.15) is 0 Å². The predicted molar refractivity (Wildman–Crippen MR) is 60.5 cm³/mol. The van der Waals surface area contributed by atoms with E-state index < -0.39 is 15.7 Å². The number of primary amides is 1. The molecule has 1 amide bonds. The lowest BCUT2D eigenvalue weighted by molar-refractivity contribution is -0.117. The summed E-state index contributed by atoms with van der Waals surface area (Å²) in [5.74, 6) is -0.423. The van der Waals surface area contributed by atoms with Crippen LogP contribution in [0.4, 0.5) is 0 Å². The Kier molecular flexibility index (Phi) is 4.03. The average molecular weight is 242 g/mol. The second-order valence-electron chi connectivity index (χ2n) is 3.49. The summed E-state index contributed by atoms with van der Waals surface area (Å²) in [5.41, 5.74) is 5.85. The normalized spacial score (nSPS) is 11.3. The first-order chi connectivity index (χ1) is 7.39. The fourth-order valence-electron chi connectivity index (χ4n) is 1.18. The van der Waals surface area contributed by atoms with Crippen LogP contribution in [0.3, 0.4) is 0 Å². The summed E-state index contributed by atoms with van der Waals surface area (Å²) < 4.78 is 22.3. The highest BCUT2D eigenvalue weighted by Crippen LogP contribution is 2.09. The molecule has 0 aromatic heterocycles. The third kappa shape index (κ3) is 4.00. The fourth-order valence-corrected chi connectivity index (χ4v) is 1.82. The van der Waals surface area contributed by atoms with Crippen molar-refractivity contribution in [1.29, 1.82) is 0 Å². The zero-order valence-corrected chi connectivity index (χ0v) is 9.75. The molecule has 0 aliphatic carbocycles. The van der Waals surface area contributed by atoms with Gasteiger partial charge < -0.3 is 11.1 Å². The number of sulfone groups is 1. The largest absolute Gasteiger partial charge is 0.369 e. The van der Waals surface area contributed by atoms with Crippen LogP contribution in [0.1, 0.15) is 5.56 Å². The molecular formula is C10H14N2O3S. The summed E-state index contributed by atoms with van der Waals surface area (Å²) in [5, 5.41) is 2.84. The number of nitrogens with one attached hydrogen (secondary N) is 1. The lowest BCUT2D eigenvalue weighted by atomic mass is 10.2. The third-order valence-electron chi connectivity index (χ3n) is 1.98. The minimum atomic E-state index is -3.15. The van der Waals surface area contributed by atoms with Crippen LogP contribution in [0.5, 0.6) is 0 Å². The van der Waals surface area contributed by atoms with Crippen LogP contribution >= 0.6 is 0 Å². The molecule has 0 radical (unpaired) electrons. The maximum atomic E-state index is 11.2. The van der Waals surface area contributed by atoms with Crippen molar-refractivity contribution in [2.75, 3.05) is 12.8 Å². The number of rotatable bonds is 5. The molecule has 0 atom stereocenters. The van der Waals surface area contributed by atoms with Crippen molar-refractivity contribution >= 4 is 15.7 Å². The van der Waals surface area contributed by atoms with Gasteiger partial charge in [0.1, 0.15) is 0 Å². The van der Waals surface area contributed by atoms with Crippen LogP contribution in [0.25, 0.3) is 0 Å². The van der Waals surface area contributed by atoms with Gasteiger partial charge in [-0.15, -0.1) is 0 Å². The lowest BCUT2D eigenvalue weighted by Gasteiger charge is -2.03. The standard InChI is InChI=1S/C10H14N2O3S/c1-16(14,15)9-4-2-8(3-5-9)6-12-7-10(11)13/h2-5,12H,6-7H2,1H3,(H2,11,13). The van der Waals surface area contributed by atoms with E-state index in [-0.39, 0.29) is 11.4 Å². The first-order valence-corrected chi connectivity index (χ1v) is 6.57. The van der Waals surface area contributed by atoms with Gasteiger partial charge in [0, 0.05) is 12.8 Å². The molecule has 0 heterocycles. The van der Waals surface area contributed by atoms with Crippen molar-refractivity contribution in [3.05, 3.63) is 29.8 Å². The molecule has 16 heavy (non-hydrogen) atoms. The van der Waals surface area contributed by atoms with Crippen LogP contribution in [-0.4, -0.2) is 27.1 Å². The van der Waals surface area contributed by atoms with E-state index in [9.17, 15) is 13.2 Å². The second-order valence-corrected chi connectivity index (χ2v) is 5.50. The molecule has 1 aromatic carbocycles. The Balaban J connectivity index is 2.62. The van der Waals surface area contributed by atoms with Gasteiger partial charge in [0.25, 0.3) is 0 Å². The molecule has 0 bridgehead atoms. The van der Waals surface area contributed by atoms with Gasteiger partial charge in [0.05, 0.1) is 11.4 Å². The number of benzene rings is 1. The van der Waals surface area contributed by atoms with Crippen LogP contribution in [0.2, 0.25) is 0 Å². The number of hydrogen-bond acceptors (Lipinski definition) is 4. The summed E-state index contributed by atoms with van der Waals surface area (Å²) in [7, 11) is -3.15. The van der Waals surface area contributed by atoms with Crippen LogP contribution in [-0.2, 0) is 21.2 Å². The zero-order valence-electron chi connectivity index (χ0n) is 8.93. The smallest absolute Gasteiger partial charge is 0.231 e. The Labute approximate surface area is 94.6 Å². The Morgan fingerprint density at radius 2 is 1.88 bits per heavy atom. The van der Waals surface area contributed by atoms with Gasteiger partial charge in [-0.25, -0.2) is 8.42 Å². The van der Waals surface area contributed by atoms with E-state index in [1.54, 1.807) is 12.1 Å². The van der Waals surface area contributed by atoms with Gasteiger partial charge in [-0.1, -0.05) is 12.1 Å². The minimum Gasteiger partial charge on any atom is -0.369 e. The molecule has 1 rings (SSSR count). The van der Waals surface area contributed by atoms with Gasteiger partial charge in [0.15, 0.2) is 9.84 Å². The Hall–Kier alpha value is -1.40. The number of amides is 1. The maximum Gasteiger partial charge on any atom is 0.231 e. The van der Waals surface area contributed by atoms with Gasteiger partial charge >= 0.3 is 0 Å². The fraction of sp³-hybridized carbons (Fsp3) is 0.300. The molecular weight excluding hydrogens is 228 g/mol. The quantitative estimate of drug-likeness (QED) is 0.739. The van der Waals surface area contributed by atoms with E-state index >= 15 is 0 Å². The molecule has 0 fully saturated rings. The summed E-state index contributed by atoms with van der Waals surface area (Å²) in [4.78, 5) is 10.7. The van der Waals surface area contributed by atoms with Gasteiger partial charge in [-0.3, -0.25) is 4.79 Å². The molecule has 5 nitrogen and oxygen atoms in total. The Morgan fingerprint density at radius 1 is 1.31 bits per heavy atom. The highest BCUT2D eigenvalue weighted by atomic mass is 32.2. The second kappa shape index (κ2) is 5.09. The highest BCUT2D eigenvalue weighted by molar-refractivity contribution is 7.90. The maximum absolute atomic E-state index is 11.2. The lowest BCUT2D eigenvalue weighted by Crippen LogP contribution is -2.28. The number of carbonyl (C=O) groups is 1. The van der Waals surface area contributed by atoms with E-state index in [0.717, 1.165) is 11.8 Å². The third-order valence-corrected chi connectivity index (χ3v) is 3.11. The van der Waals surface area contributed by atoms with E-state index in [1.165, 1.54) is 12.1 Å². The number of hydrogen-bond donors (Lipinski definition) is 2. The van der Waals surface area contributed by atoms with Gasteiger partial charge in [-0.05, 0) is 17.7 Å². The van der Waals surface area contributed by atoms with E-state index in [2.05, 4.69) is 5.32 Å². The average Bonchev–Trinajstić information content (AvgIpc) is 2.16. The zero-order chi connectivity index (χ0) is 12.2. The highest BCUT2D eigenvalue weighted by Gasteiger charge is 2.05. The van der Waals surface area contributed by atoms with Crippen LogP contribution in [0.15, 0.2) is 29.2 Å². The molecule has 0 unspecified atom stereocenters. The number of carbonyl (C=O) groups excluding carboxylic acids is 1. The molecule has 1 aromatic rings. The number of nitrogens with two attached hydrogens (primary N) is 1. The summed E-state index contributed by atoms with van der Waals surface area (Å²) in [6, 6.07) is 6.47. The molecule has 3 N–H and O–H groups in total. The Bertz CT molecular complexity index is 465. The first-order valence-electron chi connectivity index (χ1n) is 4.67. The van der Waals surface area contributed by atoms with E-state index in [4.69, 9.17) is 5.73 Å². The van der Waals surface area contributed by atoms with Crippen molar-refractivity contribution in [3.8, 4) is 0 Å². The van der Waals surface area contributed by atoms with Crippen molar-refractivity contribution in [2.24, 2.45) is 5.73 Å². The molecule has 88 valence electrons. The van der Waals surface area contributed by atoms with Crippen molar-refractivity contribution in [3.63, 3.8) is 0 Å². The van der Waals surface area contributed by atoms with Gasteiger partial charge in [0.2, 0.25) is 5.91 Å². The topological polar surface area (TPSA) is 89.3 Å². The summed E-state index contributed by atoms with van der Waals surface area (Å²) >= 11 is 0. The Morgan fingerprint density at radius 3 is 2.31 bits per heavy atom. The predicted octanol–water partition coefficient (Wildman–Crippen LogP) is -0.335. The molecule has 0 saturated heterocycles. The van der Waals surface area contributed by atoms with E-state index in [0.29, 0.717) is 6.54 Å². The van der Waals surface area contributed by atoms with Crippen molar-refractivity contribution < 1.29 is 13.2 Å². The van der Waals surface area contributed by atoms with Crippen LogP contribution in [0, 0.1) is 0 Å². The molecule has 0 saturated carbocycles.